The third-order valence-electron chi connectivity index (χ3n) is 6.67. The number of fused-ring (bicyclic) bond motifs is 1. The fraction of sp³-hybridized carbons (Fsp3) is 0.577. The lowest BCUT2D eigenvalue weighted by molar-refractivity contribution is -0.134. The first kappa shape index (κ1) is 30.4. The van der Waals surface area contributed by atoms with Crippen molar-refractivity contribution in [2.75, 3.05) is 32.1 Å². The van der Waals surface area contributed by atoms with Crippen molar-refractivity contribution in [1.82, 2.24) is 19.7 Å². The van der Waals surface area contributed by atoms with Gasteiger partial charge >= 0.3 is 6.03 Å². The molecule has 3 rings (SSSR count). The van der Waals surface area contributed by atoms with Crippen LogP contribution < -0.4 is 15.4 Å². The molecule has 0 saturated heterocycles. The highest BCUT2D eigenvalue weighted by Gasteiger charge is 2.35. The fourth-order valence-corrected chi connectivity index (χ4v) is 5.97. The molecular formula is C26H39N5O7S. The second kappa shape index (κ2) is 12.3. The largest absolute Gasteiger partial charge is 0.488 e. The molecule has 13 heteroatoms. The van der Waals surface area contributed by atoms with Crippen LogP contribution in [0.3, 0.4) is 0 Å². The number of likely N-dealkylation sites (N-methyl/N-ethyl adjacent to an activating group) is 1. The Morgan fingerprint density at radius 2 is 1.97 bits per heavy atom. The van der Waals surface area contributed by atoms with Crippen molar-refractivity contribution in [3.63, 3.8) is 0 Å². The highest BCUT2D eigenvalue weighted by Crippen LogP contribution is 2.30. The molecule has 0 unspecified atom stereocenters. The van der Waals surface area contributed by atoms with Crippen molar-refractivity contribution in [1.29, 1.82) is 0 Å². The normalized spacial score (nSPS) is 19.1. The van der Waals surface area contributed by atoms with Crippen LogP contribution in [0, 0.1) is 19.8 Å². The maximum absolute atomic E-state index is 13.4. The molecule has 2 aromatic rings. The first-order chi connectivity index (χ1) is 18.2. The number of rotatable bonds is 8. The van der Waals surface area contributed by atoms with Crippen LogP contribution in [0.5, 0.6) is 5.75 Å². The van der Waals surface area contributed by atoms with Gasteiger partial charge in [-0.25, -0.2) is 13.2 Å². The number of carbonyl (C=O) groups excluding carboxylic acids is 2. The van der Waals surface area contributed by atoms with E-state index >= 15 is 0 Å². The molecule has 1 aromatic heterocycles. The van der Waals surface area contributed by atoms with Gasteiger partial charge in [0.05, 0.1) is 25.6 Å². The molecule has 12 nitrogen and oxygen atoms in total. The number of benzene rings is 1. The molecule has 0 fully saturated rings. The molecule has 3 amide bonds. The van der Waals surface area contributed by atoms with Crippen molar-refractivity contribution in [3.8, 4) is 5.75 Å². The number of amides is 3. The zero-order valence-corrected chi connectivity index (χ0v) is 24.3. The maximum atomic E-state index is 13.4. The number of sulfonamides is 1. The number of hydrogen-bond acceptors (Lipinski definition) is 8. The Balaban J connectivity index is 1.97. The van der Waals surface area contributed by atoms with E-state index in [0.29, 0.717) is 17.0 Å². The van der Waals surface area contributed by atoms with Gasteiger partial charge in [0.15, 0.2) is 5.76 Å². The molecule has 216 valence electrons. The molecular weight excluding hydrogens is 526 g/mol. The molecule has 3 N–H and O–H groups in total. The molecule has 3 atom stereocenters. The van der Waals surface area contributed by atoms with Gasteiger partial charge in [-0.3, -0.25) is 4.79 Å². The summed E-state index contributed by atoms with van der Waals surface area (Å²) in [7, 11) is -2.48. The monoisotopic (exact) mass is 565 g/mol. The van der Waals surface area contributed by atoms with Crippen LogP contribution in [0.1, 0.15) is 44.7 Å². The first-order valence-corrected chi connectivity index (χ1v) is 14.3. The third-order valence-corrected chi connectivity index (χ3v) is 8.74. The van der Waals surface area contributed by atoms with E-state index in [0.717, 1.165) is 0 Å². The Bertz CT molecular complexity index is 1270. The number of aryl methyl sites for hydroxylation is 2. The lowest BCUT2D eigenvalue weighted by Crippen LogP contribution is -2.48. The van der Waals surface area contributed by atoms with Crippen molar-refractivity contribution < 1.29 is 32.4 Å². The molecule has 0 aliphatic carbocycles. The predicted octanol–water partition coefficient (Wildman–Crippen LogP) is 2.29. The van der Waals surface area contributed by atoms with Crippen LogP contribution >= 0.6 is 0 Å². The zero-order chi connectivity index (χ0) is 29.1. The van der Waals surface area contributed by atoms with E-state index < -0.39 is 22.2 Å². The number of aliphatic hydroxyl groups excluding tert-OH is 1. The highest BCUT2D eigenvalue weighted by molar-refractivity contribution is 7.89. The van der Waals surface area contributed by atoms with Gasteiger partial charge in [-0.05, 0) is 52.8 Å². The number of urea groups is 1. The number of ether oxygens (including phenoxy) is 1. The number of nitrogens with one attached hydrogen (secondary N) is 2. The minimum absolute atomic E-state index is 0.0146. The predicted molar refractivity (Wildman–Crippen MR) is 145 cm³/mol. The summed E-state index contributed by atoms with van der Waals surface area (Å²) >= 11 is 0. The van der Waals surface area contributed by atoms with E-state index in [1.807, 2.05) is 20.8 Å². The van der Waals surface area contributed by atoms with Crippen LogP contribution in [0.25, 0.3) is 0 Å². The van der Waals surface area contributed by atoms with E-state index in [1.165, 1.54) is 11.4 Å². The van der Waals surface area contributed by atoms with Crippen molar-refractivity contribution in [2.24, 2.45) is 5.92 Å². The van der Waals surface area contributed by atoms with Gasteiger partial charge in [-0.2, -0.15) is 4.31 Å². The number of hydrogen-bond donors (Lipinski definition) is 3. The van der Waals surface area contributed by atoms with Gasteiger partial charge in [0.25, 0.3) is 0 Å². The molecule has 1 aliphatic rings. The van der Waals surface area contributed by atoms with Gasteiger partial charge < -0.3 is 29.9 Å². The molecule has 39 heavy (non-hydrogen) atoms. The van der Waals surface area contributed by atoms with Crippen LogP contribution in [-0.2, 0) is 21.2 Å². The summed E-state index contributed by atoms with van der Waals surface area (Å²) in [5, 5.41) is 19.1. The molecule has 0 spiro atoms. The lowest BCUT2D eigenvalue weighted by atomic mass is 10.0. The minimum atomic E-state index is -3.94. The summed E-state index contributed by atoms with van der Waals surface area (Å²) in [6, 6.07) is 4.11. The van der Waals surface area contributed by atoms with E-state index in [9.17, 15) is 23.1 Å². The van der Waals surface area contributed by atoms with Gasteiger partial charge in [-0.1, -0.05) is 12.1 Å². The van der Waals surface area contributed by atoms with E-state index in [4.69, 9.17) is 9.26 Å². The molecule has 0 bridgehead atoms. The average Bonchev–Trinajstić information content (AvgIpc) is 3.21. The zero-order valence-electron chi connectivity index (χ0n) is 23.5. The van der Waals surface area contributed by atoms with Crippen molar-refractivity contribution >= 4 is 27.6 Å². The summed E-state index contributed by atoms with van der Waals surface area (Å²) < 4.78 is 39.5. The highest BCUT2D eigenvalue weighted by atomic mass is 32.2. The van der Waals surface area contributed by atoms with Crippen LogP contribution in [0.15, 0.2) is 27.6 Å². The van der Waals surface area contributed by atoms with Gasteiger partial charge in [0.1, 0.15) is 22.4 Å². The Morgan fingerprint density at radius 3 is 2.56 bits per heavy atom. The summed E-state index contributed by atoms with van der Waals surface area (Å²) in [6.07, 6.45) is -0.667. The smallest absolute Gasteiger partial charge is 0.319 e. The number of nitrogens with zero attached hydrogens (tertiary/aromatic N) is 3. The van der Waals surface area contributed by atoms with Crippen molar-refractivity contribution in [3.05, 3.63) is 35.2 Å². The number of anilines is 1. The molecule has 0 saturated carbocycles. The molecule has 1 aromatic carbocycles. The SMILES string of the molecule is Cc1noc(C)c1S(=O)(=O)N(C)C[C@@H]1Oc2ccc(NC(=O)NC(C)C)cc2CC(=O)N([C@@H](C)CO)C[C@H]1C. The average molecular weight is 566 g/mol. The van der Waals surface area contributed by atoms with Gasteiger partial charge in [-0.15, -0.1) is 0 Å². The first-order valence-electron chi connectivity index (χ1n) is 12.9. The quantitative estimate of drug-likeness (QED) is 0.441. The standard InChI is InChI=1S/C26H39N5O7S/c1-15(2)27-26(34)28-21-8-9-22-20(10-21)11-24(33)31(17(4)14-32)12-16(3)23(37-22)13-30(7)39(35,36)25-18(5)29-38-19(25)6/h8-10,15-17,23,32H,11-14H2,1-7H3,(H2,27,28,34)/t16-,17+,23+/m1/s1. The van der Waals surface area contributed by atoms with Gasteiger partial charge in [0.2, 0.25) is 15.9 Å². The summed E-state index contributed by atoms with van der Waals surface area (Å²) in [5.74, 6) is 0.0973. The third kappa shape index (κ3) is 7.08. The van der Waals surface area contributed by atoms with E-state index in [-0.39, 0.29) is 66.4 Å². The second-order valence-corrected chi connectivity index (χ2v) is 12.4. The Labute approximate surface area is 229 Å². The molecule has 0 radical (unpaired) electrons. The lowest BCUT2D eigenvalue weighted by Gasteiger charge is -2.33. The summed E-state index contributed by atoms with van der Waals surface area (Å²) in [5.41, 5.74) is 1.28. The topological polar surface area (TPSA) is 154 Å². The summed E-state index contributed by atoms with van der Waals surface area (Å²) in [4.78, 5) is 27.2. The van der Waals surface area contributed by atoms with Crippen molar-refractivity contribution in [2.45, 2.75) is 71.0 Å². The van der Waals surface area contributed by atoms with E-state index in [2.05, 4.69) is 15.8 Å². The molecule has 1 aliphatic heterocycles. The Kier molecular flexibility index (Phi) is 9.62. The second-order valence-electron chi connectivity index (χ2n) is 10.4. The van der Waals surface area contributed by atoms with Crippen LogP contribution in [0.4, 0.5) is 10.5 Å². The minimum Gasteiger partial charge on any atom is -0.488 e. The number of aromatic nitrogens is 1. The number of carbonyl (C=O) groups is 2. The Morgan fingerprint density at radius 1 is 1.28 bits per heavy atom. The van der Waals surface area contributed by atoms with Crippen LogP contribution in [0.2, 0.25) is 0 Å². The van der Waals surface area contributed by atoms with E-state index in [1.54, 1.807) is 43.9 Å². The fourth-order valence-electron chi connectivity index (χ4n) is 4.50. The number of aliphatic hydroxyl groups is 1. The Hall–Kier alpha value is -3.16. The van der Waals surface area contributed by atoms with Crippen LogP contribution in [-0.4, -0.2) is 84.8 Å². The maximum Gasteiger partial charge on any atom is 0.319 e. The molecule has 2 heterocycles. The van der Waals surface area contributed by atoms with Gasteiger partial charge in [0, 0.05) is 36.8 Å². The summed E-state index contributed by atoms with van der Waals surface area (Å²) in [6.45, 7) is 10.4.